The fourth-order valence-electron chi connectivity index (χ4n) is 3.90. The molecule has 3 amide bonds. The highest BCUT2D eigenvalue weighted by Crippen LogP contribution is 2.44. The Kier molecular flexibility index (Phi) is 6.30. The summed E-state index contributed by atoms with van der Waals surface area (Å²) in [5.74, 6) is -1.75. The number of imide groups is 1. The fraction of sp³-hybridized carbons (Fsp3) is 0.400. The second-order valence-electron chi connectivity index (χ2n) is 9.43. The summed E-state index contributed by atoms with van der Waals surface area (Å²) >= 11 is 0. The Hall–Kier alpha value is -3.35. The molecule has 3 N–H and O–H groups in total. The van der Waals surface area contributed by atoms with E-state index >= 15 is 0 Å². The number of anilines is 2. The zero-order chi connectivity index (χ0) is 23.8. The monoisotopic (exact) mass is 437 g/mol. The van der Waals surface area contributed by atoms with Crippen LogP contribution in [0.25, 0.3) is 11.1 Å². The minimum absolute atomic E-state index is 0.284. The van der Waals surface area contributed by atoms with E-state index in [-0.39, 0.29) is 11.8 Å². The Balaban J connectivity index is 2.10. The third-order valence-corrected chi connectivity index (χ3v) is 5.43. The van der Waals surface area contributed by atoms with Crippen LogP contribution < -0.4 is 16.0 Å². The van der Waals surface area contributed by atoms with Gasteiger partial charge in [0.1, 0.15) is 11.6 Å². The van der Waals surface area contributed by atoms with Gasteiger partial charge in [0.25, 0.3) is 5.91 Å². The highest BCUT2D eigenvalue weighted by Gasteiger charge is 2.40. The van der Waals surface area contributed by atoms with Gasteiger partial charge in [-0.1, -0.05) is 44.2 Å². The summed E-state index contributed by atoms with van der Waals surface area (Å²) in [4.78, 5) is 41.0. The van der Waals surface area contributed by atoms with E-state index < -0.39 is 29.6 Å². The standard InChI is InChI=1S/C25H31N3O4/c1-14(2)21(27-24(31)32-25(4,5)6)23(30)28-19-13-9-12-18(26)20(19)17-11-8-7-10-16(17)15(3)22(28)29/h7-15,21H,26H2,1-6H3,(H,27,31)/t15-,21+/m1/s1. The number of benzene rings is 2. The molecule has 0 unspecified atom stereocenters. The van der Waals surface area contributed by atoms with Crippen molar-refractivity contribution in [3.05, 3.63) is 48.0 Å². The molecular formula is C25H31N3O4. The minimum Gasteiger partial charge on any atom is -0.444 e. The van der Waals surface area contributed by atoms with Gasteiger partial charge in [-0.05, 0) is 56.9 Å². The molecule has 0 saturated heterocycles. The molecule has 0 aromatic heterocycles. The van der Waals surface area contributed by atoms with Crippen LogP contribution in [0.3, 0.4) is 0 Å². The topological polar surface area (TPSA) is 102 Å². The van der Waals surface area contributed by atoms with Crippen LogP contribution in [0.2, 0.25) is 0 Å². The Morgan fingerprint density at radius 2 is 1.75 bits per heavy atom. The molecule has 2 aromatic rings. The van der Waals surface area contributed by atoms with E-state index in [9.17, 15) is 14.4 Å². The molecule has 7 heteroatoms. The highest BCUT2D eigenvalue weighted by atomic mass is 16.6. The van der Waals surface area contributed by atoms with E-state index in [4.69, 9.17) is 10.5 Å². The van der Waals surface area contributed by atoms with E-state index in [1.165, 1.54) is 4.90 Å². The number of alkyl carbamates (subject to hydrolysis) is 1. The van der Waals surface area contributed by atoms with Crippen molar-refractivity contribution >= 4 is 29.3 Å². The maximum absolute atomic E-state index is 13.8. The molecule has 3 rings (SSSR count). The molecule has 7 nitrogen and oxygen atoms in total. The van der Waals surface area contributed by atoms with E-state index in [1.807, 2.05) is 24.3 Å². The largest absolute Gasteiger partial charge is 0.444 e. The molecule has 0 aliphatic carbocycles. The van der Waals surface area contributed by atoms with Gasteiger partial charge in [0.15, 0.2) is 0 Å². The van der Waals surface area contributed by atoms with Gasteiger partial charge in [0, 0.05) is 11.3 Å². The maximum atomic E-state index is 13.8. The number of carbonyl (C=O) groups is 3. The molecule has 0 fully saturated rings. The number of nitrogens with two attached hydrogens (primary N) is 1. The van der Waals surface area contributed by atoms with Gasteiger partial charge >= 0.3 is 6.09 Å². The fourth-order valence-corrected chi connectivity index (χ4v) is 3.90. The van der Waals surface area contributed by atoms with Crippen LogP contribution in [0, 0.1) is 5.92 Å². The molecule has 0 saturated carbocycles. The number of ether oxygens (including phenoxy) is 1. The molecule has 0 spiro atoms. The maximum Gasteiger partial charge on any atom is 0.408 e. The normalized spacial score (nSPS) is 16.7. The SMILES string of the molecule is CC(C)[C@H](NC(=O)OC(C)(C)C)C(=O)N1C(=O)[C@H](C)c2ccccc2-c2c(N)cccc21. The molecule has 1 aliphatic rings. The number of nitrogens with zero attached hydrogens (tertiary/aromatic N) is 1. The van der Waals surface area contributed by atoms with Crippen molar-refractivity contribution in [2.24, 2.45) is 5.92 Å². The van der Waals surface area contributed by atoms with Crippen molar-refractivity contribution in [3.63, 3.8) is 0 Å². The van der Waals surface area contributed by atoms with Crippen molar-refractivity contribution in [1.29, 1.82) is 0 Å². The number of hydrogen-bond acceptors (Lipinski definition) is 5. The van der Waals surface area contributed by atoms with Crippen LogP contribution in [0.4, 0.5) is 16.2 Å². The number of amides is 3. The van der Waals surface area contributed by atoms with Crippen LogP contribution in [0.5, 0.6) is 0 Å². The van der Waals surface area contributed by atoms with Gasteiger partial charge in [0.2, 0.25) is 5.91 Å². The molecule has 1 heterocycles. The van der Waals surface area contributed by atoms with Crippen LogP contribution in [-0.4, -0.2) is 29.6 Å². The molecule has 0 bridgehead atoms. The third kappa shape index (κ3) is 4.47. The number of nitrogen functional groups attached to an aromatic ring is 1. The Labute approximate surface area is 188 Å². The number of fused-ring (bicyclic) bond motifs is 3. The third-order valence-electron chi connectivity index (χ3n) is 5.43. The predicted molar refractivity (Wildman–Crippen MR) is 125 cm³/mol. The van der Waals surface area contributed by atoms with Crippen LogP contribution in [0.1, 0.15) is 53.0 Å². The van der Waals surface area contributed by atoms with E-state index in [1.54, 1.807) is 59.7 Å². The molecule has 170 valence electrons. The first-order valence-electron chi connectivity index (χ1n) is 10.8. The lowest BCUT2D eigenvalue weighted by molar-refractivity contribution is -0.128. The molecular weight excluding hydrogens is 406 g/mol. The van der Waals surface area contributed by atoms with Gasteiger partial charge in [0.05, 0.1) is 11.6 Å². The summed E-state index contributed by atoms with van der Waals surface area (Å²) in [5.41, 5.74) is 8.74. The number of nitrogens with one attached hydrogen (secondary N) is 1. The van der Waals surface area contributed by atoms with Gasteiger partial charge in [-0.15, -0.1) is 0 Å². The zero-order valence-electron chi connectivity index (χ0n) is 19.4. The van der Waals surface area contributed by atoms with E-state index in [2.05, 4.69) is 5.32 Å². The smallest absolute Gasteiger partial charge is 0.408 e. The summed E-state index contributed by atoms with van der Waals surface area (Å²) in [6, 6.07) is 11.7. The van der Waals surface area contributed by atoms with Gasteiger partial charge in [-0.25, -0.2) is 9.69 Å². The summed E-state index contributed by atoms with van der Waals surface area (Å²) in [6.07, 6.45) is -0.712. The van der Waals surface area contributed by atoms with Crippen molar-refractivity contribution in [2.45, 2.75) is 59.1 Å². The average molecular weight is 438 g/mol. The average Bonchev–Trinajstić information content (AvgIpc) is 2.78. The first kappa shape index (κ1) is 23.3. The first-order valence-corrected chi connectivity index (χ1v) is 10.8. The lowest BCUT2D eigenvalue weighted by Gasteiger charge is -2.30. The van der Waals surface area contributed by atoms with E-state index in [0.29, 0.717) is 16.9 Å². The van der Waals surface area contributed by atoms with Gasteiger partial charge < -0.3 is 15.8 Å². The molecule has 1 aliphatic heterocycles. The van der Waals surface area contributed by atoms with Crippen molar-refractivity contribution in [3.8, 4) is 11.1 Å². The molecule has 2 atom stereocenters. The lowest BCUT2D eigenvalue weighted by Crippen LogP contribution is -2.54. The number of rotatable bonds is 3. The quantitative estimate of drug-likeness (QED) is 0.690. The minimum atomic E-state index is -0.962. The van der Waals surface area contributed by atoms with Gasteiger partial charge in [-0.3, -0.25) is 9.59 Å². The highest BCUT2D eigenvalue weighted by molar-refractivity contribution is 6.22. The Bertz CT molecular complexity index is 1060. The summed E-state index contributed by atoms with van der Waals surface area (Å²) in [5, 5.41) is 2.66. The summed E-state index contributed by atoms with van der Waals surface area (Å²) < 4.78 is 5.34. The zero-order valence-corrected chi connectivity index (χ0v) is 19.4. The van der Waals surface area contributed by atoms with Crippen molar-refractivity contribution in [1.82, 2.24) is 5.32 Å². The lowest BCUT2D eigenvalue weighted by atomic mass is 9.92. The number of carbonyl (C=O) groups excluding carboxylic acids is 3. The molecule has 0 radical (unpaired) electrons. The second kappa shape index (κ2) is 8.65. The van der Waals surface area contributed by atoms with E-state index in [0.717, 1.165) is 11.1 Å². The summed E-state index contributed by atoms with van der Waals surface area (Å²) in [6.45, 7) is 10.6. The van der Waals surface area contributed by atoms with Crippen LogP contribution in [0.15, 0.2) is 42.5 Å². The summed E-state index contributed by atoms with van der Waals surface area (Å²) in [7, 11) is 0. The molecule has 2 aromatic carbocycles. The van der Waals surface area contributed by atoms with Crippen molar-refractivity contribution < 1.29 is 19.1 Å². The van der Waals surface area contributed by atoms with Crippen LogP contribution in [-0.2, 0) is 14.3 Å². The van der Waals surface area contributed by atoms with Crippen LogP contribution >= 0.6 is 0 Å². The number of hydrogen-bond donors (Lipinski definition) is 2. The first-order chi connectivity index (χ1) is 14.9. The second-order valence-corrected chi connectivity index (χ2v) is 9.43. The molecule has 32 heavy (non-hydrogen) atoms. The Morgan fingerprint density at radius 3 is 2.38 bits per heavy atom. The van der Waals surface area contributed by atoms with Gasteiger partial charge in [-0.2, -0.15) is 0 Å². The predicted octanol–water partition coefficient (Wildman–Crippen LogP) is 4.46. The Morgan fingerprint density at radius 1 is 1.09 bits per heavy atom. The van der Waals surface area contributed by atoms with Crippen molar-refractivity contribution in [2.75, 3.05) is 10.6 Å².